The van der Waals surface area contributed by atoms with E-state index >= 15 is 0 Å². The van der Waals surface area contributed by atoms with Gasteiger partial charge in [0.05, 0.1) is 22.7 Å². The fourth-order valence-electron chi connectivity index (χ4n) is 1.76. The molecule has 1 aliphatic rings. The number of nitrogens with zero attached hydrogens (tertiary/aromatic N) is 1. The lowest BCUT2D eigenvalue weighted by Gasteiger charge is -2.18. The van der Waals surface area contributed by atoms with Gasteiger partial charge in [-0.25, -0.2) is 0 Å². The van der Waals surface area contributed by atoms with Gasteiger partial charge < -0.3 is 4.90 Å². The average Bonchev–Trinajstić information content (AvgIpc) is 2.51. The van der Waals surface area contributed by atoms with Crippen molar-refractivity contribution in [1.29, 1.82) is 0 Å². The second kappa shape index (κ2) is 4.28. The van der Waals surface area contributed by atoms with Crippen molar-refractivity contribution in [1.82, 2.24) is 0 Å². The molecule has 0 fully saturated rings. The maximum Gasteiger partial charge on any atom is 0.390 e. The highest BCUT2D eigenvalue weighted by Gasteiger charge is 2.39. The van der Waals surface area contributed by atoms with Crippen molar-refractivity contribution in [3.63, 3.8) is 0 Å². The fourth-order valence-corrected chi connectivity index (χ4v) is 2.04. The van der Waals surface area contributed by atoms with E-state index in [4.69, 9.17) is 11.6 Å². The molecule has 0 atom stereocenters. The number of rotatable bonds is 2. The first kappa shape index (κ1) is 12.9. The van der Waals surface area contributed by atoms with Crippen LogP contribution in [0.15, 0.2) is 18.2 Å². The van der Waals surface area contributed by atoms with Crippen LogP contribution >= 0.6 is 11.6 Å². The van der Waals surface area contributed by atoms with Crippen molar-refractivity contribution in [3.8, 4) is 0 Å². The molecule has 1 aromatic carbocycles. The van der Waals surface area contributed by atoms with E-state index in [1.807, 2.05) is 0 Å². The van der Waals surface area contributed by atoms with Gasteiger partial charge in [-0.1, -0.05) is 17.7 Å². The Balaban J connectivity index is 2.34. The van der Waals surface area contributed by atoms with Gasteiger partial charge in [0.2, 0.25) is 0 Å². The molecule has 0 N–H and O–H groups in total. The Morgan fingerprint density at radius 1 is 1.22 bits per heavy atom. The molecule has 0 saturated heterocycles. The number of hydrogen-bond acceptors (Lipinski definition) is 2. The largest absolute Gasteiger partial charge is 0.390 e. The lowest BCUT2D eigenvalue weighted by atomic mass is 10.1. The molecular weight excluding hydrogens is 271 g/mol. The summed E-state index contributed by atoms with van der Waals surface area (Å²) in [5.41, 5.74) is 0.119. The van der Waals surface area contributed by atoms with Crippen LogP contribution in [-0.4, -0.2) is 24.4 Å². The molecule has 0 bridgehead atoms. The Morgan fingerprint density at radius 3 is 2.50 bits per heavy atom. The highest BCUT2D eigenvalue weighted by atomic mass is 35.5. The van der Waals surface area contributed by atoms with Crippen molar-refractivity contribution in [2.24, 2.45) is 0 Å². The normalized spacial score (nSPS) is 15.2. The second-order valence-electron chi connectivity index (χ2n) is 3.79. The highest BCUT2D eigenvalue weighted by molar-refractivity contribution is 6.54. The van der Waals surface area contributed by atoms with Gasteiger partial charge in [0.1, 0.15) is 0 Å². The number of carbonyl (C=O) groups excluding carboxylic acids is 2. The number of Topliss-reactive ketones (excluding diaryl/α,β-unsaturated/α-hetero) is 1. The number of ketones is 1. The fraction of sp³-hybridized carbons (Fsp3) is 0.273. The van der Waals surface area contributed by atoms with Crippen LogP contribution in [0.25, 0.3) is 0 Å². The minimum Gasteiger partial charge on any atom is -0.303 e. The second-order valence-corrected chi connectivity index (χ2v) is 4.19. The minimum absolute atomic E-state index is 0.0506. The molecule has 3 nitrogen and oxygen atoms in total. The molecule has 1 heterocycles. The van der Waals surface area contributed by atoms with Crippen molar-refractivity contribution in [2.75, 3.05) is 11.4 Å². The molecular formula is C11H7ClF3NO2. The number of alkyl halides is 3. The Hall–Kier alpha value is -1.56. The summed E-state index contributed by atoms with van der Waals surface area (Å²) in [6, 6.07) is 4.27. The lowest BCUT2D eigenvalue weighted by molar-refractivity contribution is -0.133. The molecule has 7 heteroatoms. The summed E-state index contributed by atoms with van der Waals surface area (Å²) in [6.45, 7) is -0.606. The number of para-hydroxylation sites is 1. The standard InChI is InChI=1S/C11H7ClF3NO2/c12-7-3-1-2-6-8(7)16(10(18)9(6)17)5-4-11(13,14)15/h1-3H,4-5H2. The van der Waals surface area contributed by atoms with E-state index in [1.165, 1.54) is 18.2 Å². The van der Waals surface area contributed by atoms with Gasteiger partial charge in [-0.3, -0.25) is 9.59 Å². The maximum atomic E-state index is 12.2. The quantitative estimate of drug-likeness (QED) is 0.780. The van der Waals surface area contributed by atoms with Gasteiger partial charge in [0, 0.05) is 6.54 Å². The summed E-state index contributed by atoms with van der Waals surface area (Å²) in [7, 11) is 0. The smallest absolute Gasteiger partial charge is 0.303 e. The molecule has 1 aromatic rings. The number of benzene rings is 1. The highest BCUT2D eigenvalue weighted by Crippen LogP contribution is 2.36. The van der Waals surface area contributed by atoms with Gasteiger partial charge in [-0.15, -0.1) is 0 Å². The van der Waals surface area contributed by atoms with Crippen LogP contribution in [0.2, 0.25) is 5.02 Å². The summed E-state index contributed by atoms with van der Waals surface area (Å²) in [4.78, 5) is 23.9. The van der Waals surface area contributed by atoms with Crippen LogP contribution < -0.4 is 4.90 Å². The van der Waals surface area contributed by atoms with E-state index in [-0.39, 0.29) is 16.3 Å². The molecule has 1 aliphatic heterocycles. The molecule has 96 valence electrons. The van der Waals surface area contributed by atoms with E-state index in [0.29, 0.717) is 0 Å². The zero-order chi connectivity index (χ0) is 13.5. The van der Waals surface area contributed by atoms with Gasteiger partial charge in [-0.05, 0) is 12.1 Å². The average molecular weight is 278 g/mol. The number of carbonyl (C=O) groups is 2. The third kappa shape index (κ3) is 2.20. The van der Waals surface area contributed by atoms with Gasteiger partial charge in [0.25, 0.3) is 11.7 Å². The number of halogens is 4. The van der Waals surface area contributed by atoms with Gasteiger partial charge in [-0.2, -0.15) is 13.2 Å². The molecule has 0 aliphatic carbocycles. The molecule has 0 radical (unpaired) electrons. The van der Waals surface area contributed by atoms with Crippen molar-refractivity contribution >= 4 is 29.0 Å². The zero-order valence-corrected chi connectivity index (χ0v) is 9.68. The predicted molar refractivity (Wildman–Crippen MR) is 58.8 cm³/mol. The first-order valence-corrected chi connectivity index (χ1v) is 5.40. The van der Waals surface area contributed by atoms with Crippen LogP contribution in [0.4, 0.5) is 18.9 Å². The first-order valence-electron chi connectivity index (χ1n) is 5.03. The summed E-state index contributed by atoms with van der Waals surface area (Å²) >= 11 is 5.82. The summed E-state index contributed by atoms with van der Waals surface area (Å²) in [5.74, 6) is -1.79. The van der Waals surface area contributed by atoms with Crippen LogP contribution in [0.1, 0.15) is 16.8 Å². The number of hydrogen-bond donors (Lipinski definition) is 0. The van der Waals surface area contributed by atoms with Crippen LogP contribution in [0.5, 0.6) is 0 Å². The Kier molecular flexibility index (Phi) is 3.06. The Morgan fingerprint density at radius 2 is 1.89 bits per heavy atom. The van der Waals surface area contributed by atoms with Crippen molar-refractivity contribution in [2.45, 2.75) is 12.6 Å². The molecule has 0 spiro atoms. The van der Waals surface area contributed by atoms with E-state index in [1.54, 1.807) is 0 Å². The van der Waals surface area contributed by atoms with Crippen LogP contribution in [0.3, 0.4) is 0 Å². The number of amides is 1. The molecule has 0 saturated carbocycles. The SMILES string of the molecule is O=C1C(=O)N(CCC(F)(F)F)c2c(Cl)cccc21. The van der Waals surface area contributed by atoms with Gasteiger partial charge >= 0.3 is 6.18 Å². The molecule has 1 amide bonds. The zero-order valence-electron chi connectivity index (χ0n) is 8.92. The first-order chi connectivity index (χ1) is 8.31. The van der Waals surface area contributed by atoms with Gasteiger partial charge in [0.15, 0.2) is 0 Å². The van der Waals surface area contributed by atoms with E-state index in [9.17, 15) is 22.8 Å². The molecule has 0 aromatic heterocycles. The topological polar surface area (TPSA) is 37.4 Å². The Bertz CT molecular complexity index is 528. The summed E-state index contributed by atoms with van der Waals surface area (Å²) in [5, 5.41) is 0.0916. The van der Waals surface area contributed by atoms with Crippen LogP contribution in [-0.2, 0) is 4.79 Å². The van der Waals surface area contributed by atoms with E-state index in [2.05, 4.69) is 0 Å². The van der Waals surface area contributed by atoms with Crippen molar-refractivity contribution in [3.05, 3.63) is 28.8 Å². The maximum absolute atomic E-state index is 12.2. The monoisotopic (exact) mass is 277 g/mol. The third-order valence-electron chi connectivity index (χ3n) is 2.56. The summed E-state index contributed by atoms with van der Waals surface area (Å²) in [6.07, 6.45) is -5.58. The number of anilines is 1. The van der Waals surface area contributed by atoms with E-state index < -0.39 is 30.8 Å². The Labute approximate surface area is 105 Å². The van der Waals surface area contributed by atoms with Crippen LogP contribution in [0, 0.1) is 0 Å². The molecule has 18 heavy (non-hydrogen) atoms. The summed E-state index contributed by atoms with van der Waals surface area (Å²) < 4.78 is 36.5. The lowest BCUT2D eigenvalue weighted by Crippen LogP contribution is -2.33. The predicted octanol–water partition coefficient (Wildman–Crippen LogP) is 2.82. The number of fused-ring (bicyclic) bond motifs is 1. The molecule has 2 rings (SSSR count). The van der Waals surface area contributed by atoms with E-state index in [0.717, 1.165) is 4.90 Å². The molecule has 0 unspecified atom stereocenters. The third-order valence-corrected chi connectivity index (χ3v) is 2.86. The minimum atomic E-state index is -4.40. The van der Waals surface area contributed by atoms with Crippen molar-refractivity contribution < 1.29 is 22.8 Å².